The summed E-state index contributed by atoms with van der Waals surface area (Å²) < 4.78 is 5.46. The maximum atomic E-state index is 12.0. The van der Waals surface area contributed by atoms with Gasteiger partial charge >= 0.3 is 5.97 Å². The molecule has 3 unspecified atom stereocenters. The fourth-order valence-electron chi connectivity index (χ4n) is 2.34. The number of hydrogen-bond acceptors (Lipinski definition) is 2. The van der Waals surface area contributed by atoms with E-state index in [0.717, 1.165) is 25.7 Å². The van der Waals surface area contributed by atoms with Crippen LogP contribution in [0.25, 0.3) is 0 Å². The van der Waals surface area contributed by atoms with Gasteiger partial charge in [-0.15, -0.1) is 11.6 Å². The van der Waals surface area contributed by atoms with Gasteiger partial charge in [0.05, 0.1) is 5.92 Å². The minimum atomic E-state index is -0.394. The fourth-order valence-corrected chi connectivity index (χ4v) is 2.65. The third kappa shape index (κ3) is 3.97. The molecule has 94 valence electrons. The first-order valence-corrected chi connectivity index (χ1v) is 6.64. The minimum Gasteiger partial charge on any atom is -0.460 e. The molecule has 0 radical (unpaired) electrons. The summed E-state index contributed by atoms with van der Waals surface area (Å²) in [6.07, 6.45) is 3.89. The molecule has 0 aromatic rings. The fraction of sp³-hybridized carbons (Fsp3) is 0.923. The number of rotatable bonds is 2. The maximum Gasteiger partial charge on any atom is 0.309 e. The first kappa shape index (κ1) is 13.8. The molecule has 0 N–H and O–H groups in total. The summed E-state index contributed by atoms with van der Waals surface area (Å²) in [6, 6.07) is 0. The van der Waals surface area contributed by atoms with E-state index in [-0.39, 0.29) is 17.3 Å². The Bertz CT molecular complexity index is 245. The predicted molar refractivity (Wildman–Crippen MR) is 66.6 cm³/mol. The molecule has 1 rings (SSSR count). The Labute approximate surface area is 104 Å². The third-order valence-corrected chi connectivity index (χ3v) is 3.56. The number of alkyl halides is 1. The molecule has 0 aliphatic heterocycles. The van der Waals surface area contributed by atoms with Gasteiger partial charge in [-0.3, -0.25) is 4.79 Å². The zero-order valence-corrected chi connectivity index (χ0v) is 11.5. The molecule has 0 aromatic heterocycles. The molecule has 0 bridgehead atoms. The van der Waals surface area contributed by atoms with Crippen LogP contribution in [-0.2, 0) is 9.53 Å². The molecule has 0 spiro atoms. The molecule has 16 heavy (non-hydrogen) atoms. The zero-order valence-electron chi connectivity index (χ0n) is 10.8. The van der Waals surface area contributed by atoms with E-state index in [1.54, 1.807) is 0 Å². The van der Waals surface area contributed by atoms with Crippen LogP contribution in [0.3, 0.4) is 0 Å². The van der Waals surface area contributed by atoms with Gasteiger partial charge in [0, 0.05) is 5.38 Å². The standard InChI is InChI=1S/C13H23ClO2/c1-5-9-6-7-10(14)8-11(9)12(15)16-13(2,3)4/h9-11H,5-8H2,1-4H3. The molecule has 0 heterocycles. The average Bonchev–Trinajstić information content (AvgIpc) is 2.15. The Morgan fingerprint density at radius 1 is 1.38 bits per heavy atom. The van der Waals surface area contributed by atoms with Crippen molar-refractivity contribution in [3.8, 4) is 0 Å². The third-order valence-electron chi connectivity index (χ3n) is 3.16. The van der Waals surface area contributed by atoms with Crippen molar-refractivity contribution in [2.75, 3.05) is 0 Å². The number of esters is 1. The van der Waals surface area contributed by atoms with E-state index in [9.17, 15) is 4.79 Å². The molecule has 1 aliphatic rings. The van der Waals surface area contributed by atoms with Crippen LogP contribution in [0.4, 0.5) is 0 Å². The normalized spacial score (nSPS) is 31.2. The van der Waals surface area contributed by atoms with Crippen molar-refractivity contribution in [3.05, 3.63) is 0 Å². The molecule has 1 aliphatic carbocycles. The predicted octanol–water partition coefficient (Wildman–Crippen LogP) is 3.76. The first-order chi connectivity index (χ1) is 7.33. The van der Waals surface area contributed by atoms with Gasteiger partial charge in [0.15, 0.2) is 0 Å². The van der Waals surface area contributed by atoms with Crippen molar-refractivity contribution in [1.29, 1.82) is 0 Å². The monoisotopic (exact) mass is 246 g/mol. The van der Waals surface area contributed by atoms with Crippen LogP contribution < -0.4 is 0 Å². The minimum absolute atomic E-state index is 0.000440. The van der Waals surface area contributed by atoms with Crippen LogP contribution in [0.5, 0.6) is 0 Å². The summed E-state index contributed by atoms with van der Waals surface area (Å²) in [5, 5.41) is 0.139. The molecule has 1 fully saturated rings. The van der Waals surface area contributed by atoms with Crippen molar-refractivity contribution in [3.63, 3.8) is 0 Å². The van der Waals surface area contributed by atoms with Crippen molar-refractivity contribution < 1.29 is 9.53 Å². The highest BCUT2D eigenvalue weighted by atomic mass is 35.5. The number of carbonyl (C=O) groups is 1. The van der Waals surface area contributed by atoms with Crippen LogP contribution in [0.2, 0.25) is 0 Å². The molecule has 1 saturated carbocycles. The van der Waals surface area contributed by atoms with E-state index in [1.807, 2.05) is 20.8 Å². The number of hydrogen-bond donors (Lipinski definition) is 0. The van der Waals surface area contributed by atoms with Gasteiger partial charge in [-0.05, 0) is 46.0 Å². The van der Waals surface area contributed by atoms with Crippen LogP contribution >= 0.6 is 11.6 Å². The van der Waals surface area contributed by atoms with Gasteiger partial charge in [0.2, 0.25) is 0 Å². The number of ether oxygens (including phenoxy) is 1. The van der Waals surface area contributed by atoms with Gasteiger partial charge in [0.1, 0.15) is 5.60 Å². The second-order valence-electron chi connectivity index (χ2n) is 5.72. The van der Waals surface area contributed by atoms with E-state index >= 15 is 0 Å². The Morgan fingerprint density at radius 3 is 2.50 bits per heavy atom. The molecular weight excluding hydrogens is 224 g/mol. The lowest BCUT2D eigenvalue weighted by atomic mass is 9.77. The van der Waals surface area contributed by atoms with Crippen molar-refractivity contribution in [2.45, 2.75) is 64.4 Å². The van der Waals surface area contributed by atoms with Crippen molar-refractivity contribution in [2.24, 2.45) is 11.8 Å². The van der Waals surface area contributed by atoms with Gasteiger partial charge in [-0.2, -0.15) is 0 Å². The SMILES string of the molecule is CCC1CCC(Cl)CC1C(=O)OC(C)(C)C. The number of carbonyl (C=O) groups excluding carboxylic acids is 1. The quantitative estimate of drug-likeness (QED) is 0.548. The lowest BCUT2D eigenvalue weighted by Gasteiger charge is -2.33. The van der Waals surface area contributed by atoms with Crippen molar-refractivity contribution >= 4 is 17.6 Å². The first-order valence-electron chi connectivity index (χ1n) is 6.20. The summed E-state index contributed by atoms with van der Waals surface area (Å²) in [5.41, 5.74) is -0.394. The summed E-state index contributed by atoms with van der Waals surface area (Å²) in [6.45, 7) is 7.86. The largest absolute Gasteiger partial charge is 0.460 e. The average molecular weight is 247 g/mol. The molecule has 0 amide bonds. The smallest absolute Gasteiger partial charge is 0.309 e. The zero-order chi connectivity index (χ0) is 12.3. The van der Waals surface area contributed by atoms with Crippen LogP contribution in [0.1, 0.15) is 53.4 Å². The van der Waals surface area contributed by atoms with Gasteiger partial charge in [-0.1, -0.05) is 13.3 Å². The highest BCUT2D eigenvalue weighted by Gasteiger charge is 2.36. The summed E-state index contributed by atoms with van der Waals surface area (Å²) in [4.78, 5) is 12.0. The Morgan fingerprint density at radius 2 is 2.00 bits per heavy atom. The van der Waals surface area contributed by atoms with Crippen LogP contribution in [0, 0.1) is 11.8 Å². The Balaban J connectivity index is 2.63. The maximum absolute atomic E-state index is 12.0. The Hall–Kier alpha value is -0.240. The highest BCUT2D eigenvalue weighted by molar-refractivity contribution is 6.20. The van der Waals surface area contributed by atoms with Crippen molar-refractivity contribution in [1.82, 2.24) is 0 Å². The summed E-state index contributed by atoms with van der Waals surface area (Å²) in [7, 11) is 0. The summed E-state index contributed by atoms with van der Waals surface area (Å²) in [5.74, 6) is 0.384. The summed E-state index contributed by atoms with van der Waals surface area (Å²) >= 11 is 6.14. The van der Waals surface area contributed by atoms with Gasteiger partial charge in [0.25, 0.3) is 0 Å². The van der Waals surface area contributed by atoms with E-state index in [2.05, 4.69) is 6.92 Å². The van der Waals surface area contributed by atoms with E-state index < -0.39 is 5.60 Å². The van der Waals surface area contributed by atoms with Crippen LogP contribution in [-0.4, -0.2) is 16.9 Å². The van der Waals surface area contributed by atoms with E-state index in [1.165, 1.54) is 0 Å². The molecule has 3 atom stereocenters. The molecule has 2 nitrogen and oxygen atoms in total. The lowest BCUT2D eigenvalue weighted by Crippen LogP contribution is -2.36. The topological polar surface area (TPSA) is 26.3 Å². The van der Waals surface area contributed by atoms with Gasteiger partial charge < -0.3 is 4.74 Å². The molecule has 3 heteroatoms. The van der Waals surface area contributed by atoms with E-state index in [0.29, 0.717) is 5.92 Å². The lowest BCUT2D eigenvalue weighted by molar-refractivity contribution is -0.163. The van der Waals surface area contributed by atoms with E-state index in [4.69, 9.17) is 16.3 Å². The number of halogens is 1. The molecule has 0 aromatic carbocycles. The van der Waals surface area contributed by atoms with Crippen LogP contribution in [0.15, 0.2) is 0 Å². The second-order valence-corrected chi connectivity index (χ2v) is 6.34. The highest BCUT2D eigenvalue weighted by Crippen LogP contribution is 2.36. The Kier molecular flexibility index (Phi) is 4.66. The molecule has 0 saturated heterocycles. The second kappa shape index (κ2) is 5.39. The molecular formula is C13H23ClO2. The van der Waals surface area contributed by atoms with Gasteiger partial charge in [-0.25, -0.2) is 0 Å².